The summed E-state index contributed by atoms with van der Waals surface area (Å²) < 4.78 is 19.7. The molecule has 0 spiro atoms. The molecule has 1 aromatic heterocycles. The van der Waals surface area contributed by atoms with Crippen LogP contribution in [0.4, 0.5) is 20.9 Å². The van der Waals surface area contributed by atoms with E-state index >= 15 is 0 Å². The van der Waals surface area contributed by atoms with Gasteiger partial charge in [0, 0.05) is 25.0 Å². The molecule has 134 valence electrons. The number of anilines is 2. The molecule has 3 amide bonds. The number of amides is 3. The summed E-state index contributed by atoms with van der Waals surface area (Å²) in [5.41, 5.74) is 0.338. The molecule has 2 aromatic rings. The molecular weight excluding hydrogens is 397 g/mol. The first-order valence-electron chi connectivity index (χ1n) is 7.36. The predicted octanol–water partition coefficient (Wildman–Crippen LogP) is 3.32. The minimum absolute atomic E-state index is 0.138. The van der Waals surface area contributed by atoms with E-state index in [9.17, 15) is 14.0 Å². The summed E-state index contributed by atoms with van der Waals surface area (Å²) >= 11 is 3.21. The summed E-state index contributed by atoms with van der Waals surface area (Å²) in [6.07, 6.45) is 0. The lowest BCUT2D eigenvalue weighted by Crippen LogP contribution is -2.31. The van der Waals surface area contributed by atoms with Gasteiger partial charge in [-0.15, -0.1) is 5.10 Å². The van der Waals surface area contributed by atoms with Gasteiger partial charge >= 0.3 is 12.0 Å². The monoisotopic (exact) mass is 413 g/mol. The number of benzene rings is 1. The first-order chi connectivity index (χ1) is 11.7. The van der Waals surface area contributed by atoms with E-state index in [-0.39, 0.29) is 29.1 Å². The minimum Gasteiger partial charge on any atom is -0.408 e. The van der Waals surface area contributed by atoms with E-state index in [4.69, 9.17) is 4.42 Å². The Morgan fingerprint density at radius 2 is 2.00 bits per heavy atom. The summed E-state index contributed by atoms with van der Waals surface area (Å²) in [6, 6.07) is 0.597. The Morgan fingerprint density at radius 1 is 1.32 bits per heavy atom. The highest BCUT2D eigenvalue weighted by atomic mass is 79.9. The summed E-state index contributed by atoms with van der Waals surface area (Å²) in [5, 5.41) is 12.2. The second-order valence-corrected chi connectivity index (χ2v) is 6.09. The van der Waals surface area contributed by atoms with Crippen molar-refractivity contribution in [1.82, 2.24) is 15.1 Å². The molecule has 0 aliphatic rings. The van der Waals surface area contributed by atoms with E-state index < -0.39 is 11.7 Å². The zero-order chi connectivity index (χ0) is 18.7. The lowest BCUT2D eigenvalue weighted by Gasteiger charge is -2.19. The topological polar surface area (TPSA) is 100 Å². The molecule has 0 aliphatic heterocycles. The van der Waals surface area contributed by atoms with Crippen molar-refractivity contribution >= 4 is 39.6 Å². The SMILES string of the molecule is CCN(C)C(=O)Nc1c(Br)cc(F)c(C(=O)Nc2nnc(C)o2)c1C. The molecule has 0 fully saturated rings. The van der Waals surface area contributed by atoms with Crippen LogP contribution in [0.5, 0.6) is 0 Å². The van der Waals surface area contributed by atoms with Crippen LogP contribution in [0.2, 0.25) is 0 Å². The van der Waals surface area contributed by atoms with E-state index in [0.717, 1.165) is 6.07 Å². The normalized spacial score (nSPS) is 10.5. The number of aryl methyl sites for hydroxylation is 1. The molecule has 8 nitrogen and oxygen atoms in total. The quantitative estimate of drug-likeness (QED) is 0.800. The van der Waals surface area contributed by atoms with Crippen molar-refractivity contribution in [2.24, 2.45) is 0 Å². The van der Waals surface area contributed by atoms with Crippen LogP contribution in [0.1, 0.15) is 28.7 Å². The second-order valence-electron chi connectivity index (χ2n) is 5.24. The number of hydrogen-bond donors (Lipinski definition) is 2. The highest BCUT2D eigenvalue weighted by molar-refractivity contribution is 9.10. The smallest absolute Gasteiger partial charge is 0.322 e. The lowest BCUT2D eigenvalue weighted by molar-refractivity contribution is 0.101. The Morgan fingerprint density at radius 3 is 2.56 bits per heavy atom. The van der Waals surface area contributed by atoms with Crippen LogP contribution in [0.25, 0.3) is 0 Å². The standard InChI is InChI=1S/C15H17BrFN5O3/c1-5-22(4)15(24)18-12-7(2)11(10(17)6-9(12)16)13(23)19-14-21-20-8(3)25-14/h6H,5H2,1-4H3,(H,18,24)(H,19,21,23). The third-order valence-corrected chi connectivity index (χ3v) is 4.13. The van der Waals surface area contributed by atoms with Crippen LogP contribution in [0, 0.1) is 19.7 Å². The zero-order valence-corrected chi connectivity index (χ0v) is 15.7. The number of aromatic nitrogens is 2. The maximum Gasteiger partial charge on any atom is 0.322 e. The molecule has 0 saturated heterocycles. The Balaban J connectivity index is 2.36. The van der Waals surface area contributed by atoms with Gasteiger partial charge in [0.1, 0.15) is 5.82 Å². The van der Waals surface area contributed by atoms with Gasteiger partial charge in [-0.05, 0) is 41.4 Å². The van der Waals surface area contributed by atoms with Gasteiger partial charge in [0.25, 0.3) is 5.91 Å². The highest BCUT2D eigenvalue weighted by Gasteiger charge is 2.23. The summed E-state index contributed by atoms with van der Waals surface area (Å²) in [5.74, 6) is -1.25. The molecular formula is C15H17BrFN5O3. The molecule has 1 aromatic carbocycles. The fraction of sp³-hybridized carbons (Fsp3) is 0.333. The molecule has 0 atom stereocenters. The fourth-order valence-corrected chi connectivity index (χ4v) is 2.62. The highest BCUT2D eigenvalue weighted by Crippen LogP contribution is 2.31. The third kappa shape index (κ3) is 4.13. The number of urea groups is 1. The number of rotatable bonds is 4. The molecule has 0 bridgehead atoms. The molecule has 1 heterocycles. The average molecular weight is 414 g/mol. The van der Waals surface area contributed by atoms with Crippen LogP contribution in [-0.2, 0) is 0 Å². The first kappa shape index (κ1) is 18.8. The van der Waals surface area contributed by atoms with Gasteiger partial charge in [0.05, 0.1) is 11.3 Å². The number of carbonyl (C=O) groups excluding carboxylic acids is 2. The van der Waals surface area contributed by atoms with Crippen molar-refractivity contribution in [2.75, 3.05) is 24.2 Å². The molecule has 2 N–H and O–H groups in total. The molecule has 0 unspecified atom stereocenters. The molecule has 0 saturated carbocycles. The van der Waals surface area contributed by atoms with Crippen LogP contribution >= 0.6 is 15.9 Å². The number of hydrogen-bond acceptors (Lipinski definition) is 5. The summed E-state index contributed by atoms with van der Waals surface area (Å²) in [6.45, 7) is 5.40. The van der Waals surface area contributed by atoms with E-state index in [1.165, 1.54) is 11.8 Å². The van der Waals surface area contributed by atoms with Crippen molar-refractivity contribution in [3.63, 3.8) is 0 Å². The average Bonchev–Trinajstić information content (AvgIpc) is 2.94. The van der Waals surface area contributed by atoms with Gasteiger partial charge in [-0.3, -0.25) is 10.1 Å². The predicted molar refractivity (Wildman–Crippen MR) is 93.1 cm³/mol. The number of nitrogens with zero attached hydrogens (tertiary/aromatic N) is 3. The van der Waals surface area contributed by atoms with E-state index in [2.05, 4.69) is 36.8 Å². The van der Waals surface area contributed by atoms with Gasteiger partial charge in [-0.2, -0.15) is 0 Å². The third-order valence-electron chi connectivity index (χ3n) is 3.51. The van der Waals surface area contributed by atoms with Crippen molar-refractivity contribution in [3.8, 4) is 0 Å². The molecule has 10 heteroatoms. The summed E-state index contributed by atoms with van der Waals surface area (Å²) in [7, 11) is 1.62. The van der Waals surface area contributed by atoms with E-state index in [1.54, 1.807) is 14.0 Å². The maximum atomic E-state index is 14.3. The minimum atomic E-state index is -0.759. The van der Waals surface area contributed by atoms with Crippen LogP contribution in [-0.4, -0.2) is 40.6 Å². The van der Waals surface area contributed by atoms with Gasteiger partial charge < -0.3 is 14.6 Å². The number of halogens is 2. The summed E-state index contributed by atoms with van der Waals surface area (Å²) in [4.78, 5) is 25.9. The molecule has 25 heavy (non-hydrogen) atoms. The van der Waals surface area contributed by atoms with Crippen molar-refractivity contribution in [2.45, 2.75) is 20.8 Å². The second kappa shape index (κ2) is 7.60. The van der Waals surface area contributed by atoms with Crippen LogP contribution in [0.3, 0.4) is 0 Å². The van der Waals surface area contributed by atoms with Gasteiger partial charge in [0.15, 0.2) is 0 Å². The Bertz CT molecular complexity index is 824. The van der Waals surface area contributed by atoms with E-state index in [1.807, 2.05) is 6.92 Å². The van der Waals surface area contributed by atoms with Crippen molar-refractivity contribution in [1.29, 1.82) is 0 Å². The molecule has 0 radical (unpaired) electrons. The van der Waals surface area contributed by atoms with Crippen molar-refractivity contribution < 1.29 is 18.4 Å². The number of carbonyl (C=O) groups is 2. The lowest BCUT2D eigenvalue weighted by atomic mass is 10.1. The fourth-order valence-electron chi connectivity index (χ4n) is 2.02. The largest absolute Gasteiger partial charge is 0.408 e. The maximum absolute atomic E-state index is 14.3. The van der Waals surface area contributed by atoms with Crippen molar-refractivity contribution in [3.05, 3.63) is 33.4 Å². The van der Waals surface area contributed by atoms with E-state index in [0.29, 0.717) is 16.7 Å². The van der Waals surface area contributed by atoms with Crippen LogP contribution < -0.4 is 10.6 Å². The van der Waals surface area contributed by atoms with Gasteiger partial charge in [-0.1, -0.05) is 5.10 Å². The van der Waals surface area contributed by atoms with Gasteiger partial charge in [-0.25, -0.2) is 9.18 Å². The molecule has 2 rings (SSSR count). The van der Waals surface area contributed by atoms with Gasteiger partial charge in [0.2, 0.25) is 5.89 Å². The van der Waals surface area contributed by atoms with Crippen LogP contribution in [0.15, 0.2) is 15.0 Å². The Labute approximate surface area is 151 Å². The zero-order valence-electron chi connectivity index (χ0n) is 14.1. The number of nitrogens with one attached hydrogen (secondary N) is 2. The molecule has 0 aliphatic carbocycles. The first-order valence-corrected chi connectivity index (χ1v) is 8.16. The Hall–Kier alpha value is -2.49. The Kier molecular flexibility index (Phi) is 5.73.